The van der Waals surface area contributed by atoms with E-state index in [-0.39, 0.29) is 23.0 Å². The number of carbonyl (C=O) groups is 2. The summed E-state index contributed by atoms with van der Waals surface area (Å²) < 4.78 is 13.9. The highest BCUT2D eigenvalue weighted by Gasteiger charge is 2.52. The number of halogens is 1. The van der Waals surface area contributed by atoms with Crippen LogP contribution in [0.1, 0.15) is 38.5 Å². The number of hydrogen-bond acceptors (Lipinski definition) is 4. The van der Waals surface area contributed by atoms with Crippen LogP contribution in [0.2, 0.25) is 0 Å². The van der Waals surface area contributed by atoms with E-state index in [2.05, 4.69) is 9.80 Å². The summed E-state index contributed by atoms with van der Waals surface area (Å²) in [5, 5.41) is 0. The van der Waals surface area contributed by atoms with Crippen LogP contribution >= 0.6 is 0 Å². The second-order valence-corrected chi connectivity index (χ2v) is 8.15. The van der Waals surface area contributed by atoms with E-state index in [9.17, 15) is 14.0 Å². The summed E-state index contributed by atoms with van der Waals surface area (Å²) in [6, 6.07) is 6.91. The van der Waals surface area contributed by atoms with E-state index in [0.717, 1.165) is 64.8 Å². The third kappa shape index (κ3) is 3.59. The average molecular weight is 373 g/mol. The molecule has 27 heavy (non-hydrogen) atoms. The summed E-state index contributed by atoms with van der Waals surface area (Å²) in [5.74, 6) is -0.0708. The first kappa shape index (κ1) is 18.4. The number of para-hydroxylation sites is 1. The first-order valence-electron chi connectivity index (χ1n) is 10.2. The molecule has 1 saturated carbocycles. The Morgan fingerprint density at radius 1 is 0.963 bits per heavy atom. The van der Waals surface area contributed by atoms with Crippen molar-refractivity contribution in [2.24, 2.45) is 5.41 Å². The summed E-state index contributed by atoms with van der Waals surface area (Å²) in [6.45, 7) is 4.75. The monoisotopic (exact) mass is 373 g/mol. The van der Waals surface area contributed by atoms with Gasteiger partial charge in [-0.3, -0.25) is 19.4 Å². The zero-order valence-electron chi connectivity index (χ0n) is 15.8. The topological polar surface area (TPSA) is 43.9 Å². The van der Waals surface area contributed by atoms with Gasteiger partial charge in [-0.2, -0.15) is 0 Å². The number of carbonyl (C=O) groups excluding carboxylic acids is 2. The number of amides is 2. The molecule has 0 aromatic heterocycles. The van der Waals surface area contributed by atoms with Crippen LogP contribution in [0.4, 0.5) is 10.1 Å². The number of rotatable bonds is 5. The van der Waals surface area contributed by atoms with Gasteiger partial charge < -0.3 is 4.90 Å². The quantitative estimate of drug-likeness (QED) is 0.745. The molecule has 2 heterocycles. The fourth-order valence-electron chi connectivity index (χ4n) is 4.90. The summed E-state index contributed by atoms with van der Waals surface area (Å²) in [4.78, 5) is 31.0. The van der Waals surface area contributed by atoms with Gasteiger partial charge in [0.05, 0.1) is 11.1 Å². The van der Waals surface area contributed by atoms with E-state index in [1.807, 2.05) is 12.1 Å². The Bertz CT molecular complexity index is 709. The summed E-state index contributed by atoms with van der Waals surface area (Å²) >= 11 is 0. The fourth-order valence-corrected chi connectivity index (χ4v) is 4.90. The van der Waals surface area contributed by atoms with Crippen LogP contribution in [0, 0.1) is 11.2 Å². The number of hydrogen-bond donors (Lipinski definition) is 0. The molecule has 1 spiro atoms. The van der Waals surface area contributed by atoms with E-state index in [1.165, 1.54) is 11.0 Å². The molecule has 0 unspecified atom stereocenters. The number of likely N-dealkylation sites (tertiary alicyclic amines) is 1. The third-order valence-electron chi connectivity index (χ3n) is 6.47. The van der Waals surface area contributed by atoms with Gasteiger partial charge >= 0.3 is 0 Å². The van der Waals surface area contributed by atoms with Crippen LogP contribution in [0.25, 0.3) is 0 Å². The van der Waals surface area contributed by atoms with E-state index in [4.69, 9.17) is 0 Å². The van der Waals surface area contributed by atoms with Gasteiger partial charge in [0.2, 0.25) is 11.8 Å². The van der Waals surface area contributed by atoms with Crippen molar-refractivity contribution in [1.29, 1.82) is 0 Å². The smallest absolute Gasteiger partial charge is 0.235 e. The molecule has 146 valence electrons. The predicted molar refractivity (Wildman–Crippen MR) is 102 cm³/mol. The first-order valence-corrected chi connectivity index (χ1v) is 10.2. The lowest BCUT2D eigenvalue weighted by molar-refractivity contribution is -0.141. The van der Waals surface area contributed by atoms with Gasteiger partial charge in [0.25, 0.3) is 0 Å². The third-order valence-corrected chi connectivity index (χ3v) is 6.47. The SMILES string of the molecule is O=C1CC2(CCCC2)C(=O)N1CCCN1CCN(c2ccccc2F)CC1. The molecule has 5 nitrogen and oxygen atoms in total. The molecule has 0 radical (unpaired) electrons. The van der Waals surface area contributed by atoms with Gasteiger partial charge in [-0.25, -0.2) is 4.39 Å². The minimum atomic E-state index is -0.359. The Kier molecular flexibility index (Phi) is 5.17. The Labute approximate surface area is 160 Å². The first-order chi connectivity index (χ1) is 13.1. The highest BCUT2D eigenvalue weighted by molar-refractivity contribution is 6.06. The zero-order chi connectivity index (χ0) is 18.9. The molecule has 1 aromatic carbocycles. The van der Waals surface area contributed by atoms with Crippen LogP contribution in [0.15, 0.2) is 24.3 Å². The average Bonchev–Trinajstić information content (AvgIpc) is 3.23. The van der Waals surface area contributed by atoms with Crippen LogP contribution in [0.3, 0.4) is 0 Å². The Balaban J connectivity index is 1.23. The maximum absolute atomic E-state index is 13.9. The molecular formula is C21H28FN3O2. The van der Waals surface area contributed by atoms with Gasteiger partial charge in [0.1, 0.15) is 5.82 Å². The highest BCUT2D eigenvalue weighted by Crippen LogP contribution is 2.46. The lowest BCUT2D eigenvalue weighted by Gasteiger charge is -2.36. The molecule has 2 saturated heterocycles. The molecule has 2 aliphatic heterocycles. The van der Waals surface area contributed by atoms with Gasteiger partial charge in [-0.15, -0.1) is 0 Å². The molecule has 0 bridgehead atoms. The van der Waals surface area contributed by atoms with E-state index < -0.39 is 0 Å². The maximum Gasteiger partial charge on any atom is 0.235 e. The molecule has 0 N–H and O–H groups in total. The lowest BCUT2D eigenvalue weighted by atomic mass is 9.84. The van der Waals surface area contributed by atoms with Crippen molar-refractivity contribution in [2.45, 2.75) is 38.5 Å². The minimum absolute atomic E-state index is 0.0197. The van der Waals surface area contributed by atoms with Crippen molar-refractivity contribution in [3.05, 3.63) is 30.1 Å². The van der Waals surface area contributed by atoms with Crippen molar-refractivity contribution in [3.8, 4) is 0 Å². The van der Waals surface area contributed by atoms with Crippen molar-refractivity contribution in [2.75, 3.05) is 44.2 Å². The van der Waals surface area contributed by atoms with Gasteiger partial charge in [-0.1, -0.05) is 25.0 Å². The molecule has 1 aromatic rings. The highest BCUT2D eigenvalue weighted by atomic mass is 19.1. The number of imide groups is 1. The maximum atomic E-state index is 13.9. The molecule has 6 heteroatoms. The van der Waals surface area contributed by atoms with Gasteiger partial charge in [0, 0.05) is 39.1 Å². The van der Waals surface area contributed by atoms with Gasteiger partial charge in [0.15, 0.2) is 0 Å². The fraction of sp³-hybridized carbons (Fsp3) is 0.619. The van der Waals surface area contributed by atoms with Crippen molar-refractivity contribution < 1.29 is 14.0 Å². The molecule has 0 atom stereocenters. The Morgan fingerprint density at radius 2 is 1.67 bits per heavy atom. The van der Waals surface area contributed by atoms with Crippen LogP contribution in [0.5, 0.6) is 0 Å². The Morgan fingerprint density at radius 3 is 2.37 bits per heavy atom. The number of nitrogens with zero attached hydrogens (tertiary/aromatic N) is 3. The van der Waals surface area contributed by atoms with Crippen molar-refractivity contribution in [3.63, 3.8) is 0 Å². The molecule has 2 amide bonds. The predicted octanol–water partition coefficient (Wildman–Crippen LogP) is 2.66. The molecule has 1 aliphatic carbocycles. The van der Waals surface area contributed by atoms with E-state index in [0.29, 0.717) is 18.7 Å². The van der Waals surface area contributed by atoms with Gasteiger partial charge in [-0.05, 0) is 37.9 Å². The Hall–Kier alpha value is -1.95. The van der Waals surface area contributed by atoms with Crippen LogP contribution < -0.4 is 4.90 Å². The number of piperazine rings is 1. The standard InChI is InChI=1S/C21H28FN3O2/c22-17-6-1-2-7-18(17)24-14-12-23(13-15-24)10-5-11-25-19(26)16-21(20(25)27)8-3-4-9-21/h1-2,6-7H,3-5,8-16H2. The van der Waals surface area contributed by atoms with E-state index >= 15 is 0 Å². The molecule has 4 rings (SSSR count). The summed E-state index contributed by atoms with van der Waals surface area (Å²) in [6.07, 6.45) is 5.14. The number of benzene rings is 1. The number of anilines is 1. The van der Waals surface area contributed by atoms with Crippen LogP contribution in [-0.2, 0) is 9.59 Å². The van der Waals surface area contributed by atoms with Crippen LogP contribution in [-0.4, -0.2) is 60.9 Å². The normalized spacial score (nSPS) is 23.0. The summed E-state index contributed by atoms with van der Waals surface area (Å²) in [5.41, 5.74) is 0.315. The molecular weight excluding hydrogens is 345 g/mol. The second-order valence-electron chi connectivity index (χ2n) is 8.15. The summed E-state index contributed by atoms with van der Waals surface area (Å²) in [7, 11) is 0. The largest absolute Gasteiger partial charge is 0.367 e. The zero-order valence-corrected chi connectivity index (χ0v) is 15.8. The molecule has 3 aliphatic rings. The molecule has 3 fully saturated rings. The minimum Gasteiger partial charge on any atom is -0.367 e. The van der Waals surface area contributed by atoms with E-state index in [1.54, 1.807) is 6.07 Å². The lowest BCUT2D eigenvalue weighted by Crippen LogP contribution is -2.47. The van der Waals surface area contributed by atoms with Crippen molar-refractivity contribution >= 4 is 17.5 Å². The second kappa shape index (κ2) is 7.58. The van der Waals surface area contributed by atoms with Crippen molar-refractivity contribution in [1.82, 2.24) is 9.80 Å².